The van der Waals surface area contributed by atoms with Gasteiger partial charge < -0.3 is 11.1 Å². The third kappa shape index (κ3) is 2.14. The highest BCUT2D eigenvalue weighted by molar-refractivity contribution is 5.30. The van der Waals surface area contributed by atoms with Gasteiger partial charge in [-0.2, -0.15) is 5.10 Å². The van der Waals surface area contributed by atoms with Crippen molar-refractivity contribution in [2.24, 2.45) is 5.73 Å². The number of aryl methyl sites for hydroxylation is 2. The van der Waals surface area contributed by atoms with Gasteiger partial charge in [-0.1, -0.05) is 12.8 Å². The summed E-state index contributed by atoms with van der Waals surface area (Å²) in [5.41, 5.74) is 7.63. The fourth-order valence-electron chi connectivity index (χ4n) is 2.18. The summed E-state index contributed by atoms with van der Waals surface area (Å²) in [6.07, 6.45) is 4.64. The second kappa shape index (κ2) is 4.33. The molecule has 1 saturated carbocycles. The maximum atomic E-state index is 5.85. The van der Waals surface area contributed by atoms with Crippen LogP contribution in [0.4, 0.5) is 5.95 Å². The molecule has 1 fully saturated rings. The van der Waals surface area contributed by atoms with Crippen molar-refractivity contribution in [3.63, 3.8) is 0 Å². The Balaban J connectivity index is 2.16. The molecule has 3 N–H and O–H groups in total. The molecule has 0 spiro atoms. The first-order valence-electron chi connectivity index (χ1n) is 5.81. The highest BCUT2D eigenvalue weighted by Crippen LogP contribution is 2.31. The van der Waals surface area contributed by atoms with E-state index in [9.17, 15) is 0 Å². The van der Waals surface area contributed by atoms with E-state index >= 15 is 0 Å². The first-order chi connectivity index (χ1) is 7.65. The average molecular weight is 221 g/mol. The highest BCUT2D eigenvalue weighted by Gasteiger charge is 2.33. The Hall–Kier alpha value is -1.23. The van der Waals surface area contributed by atoms with Gasteiger partial charge in [0.05, 0.1) is 16.9 Å². The lowest BCUT2D eigenvalue weighted by Crippen LogP contribution is -2.43. The van der Waals surface area contributed by atoms with E-state index in [-0.39, 0.29) is 5.54 Å². The SMILES string of the molecule is Cc1nnc(NC2(CN)CCCC2)nc1C. The molecule has 0 saturated heterocycles. The van der Waals surface area contributed by atoms with Gasteiger partial charge in [0.15, 0.2) is 0 Å². The van der Waals surface area contributed by atoms with Crippen LogP contribution in [-0.4, -0.2) is 27.3 Å². The molecule has 0 atom stereocenters. The fourth-order valence-corrected chi connectivity index (χ4v) is 2.18. The molecule has 0 bridgehead atoms. The Bertz CT molecular complexity index is 371. The van der Waals surface area contributed by atoms with Crippen LogP contribution in [0.5, 0.6) is 0 Å². The van der Waals surface area contributed by atoms with Gasteiger partial charge in [-0.05, 0) is 26.7 Å². The molecule has 1 aliphatic rings. The van der Waals surface area contributed by atoms with Crippen LogP contribution < -0.4 is 11.1 Å². The van der Waals surface area contributed by atoms with Gasteiger partial charge in [-0.3, -0.25) is 0 Å². The molecule has 1 aromatic rings. The molecule has 2 rings (SSSR count). The molecule has 0 unspecified atom stereocenters. The smallest absolute Gasteiger partial charge is 0.243 e. The van der Waals surface area contributed by atoms with E-state index in [1.54, 1.807) is 0 Å². The second-order valence-electron chi connectivity index (χ2n) is 4.62. The number of aromatic nitrogens is 3. The van der Waals surface area contributed by atoms with Crippen LogP contribution in [0.3, 0.4) is 0 Å². The summed E-state index contributed by atoms with van der Waals surface area (Å²) in [6, 6.07) is 0. The van der Waals surface area contributed by atoms with Crippen molar-refractivity contribution in [3.05, 3.63) is 11.4 Å². The summed E-state index contributed by atoms with van der Waals surface area (Å²) < 4.78 is 0. The van der Waals surface area contributed by atoms with Crippen molar-refractivity contribution in [1.29, 1.82) is 0 Å². The van der Waals surface area contributed by atoms with E-state index in [0.29, 0.717) is 12.5 Å². The minimum atomic E-state index is -0.0105. The number of rotatable bonds is 3. The summed E-state index contributed by atoms with van der Waals surface area (Å²) in [6.45, 7) is 4.48. The molecule has 1 aliphatic carbocycles. The van der Waals surface area contributed by atoms with Gasteiger partial charge in [0.1, 0.15) is 0 Å². The number of nitrogens with one attached hydrogen (secondary N) is 1. The van der Waals surface area contributed by atoms with Gasteiger partial charge in [0, 0.05) is 6.54 Å². The highest BCUT2D eigenvalue weighted by atomic mass is 15.3. The van der Waals surface area contributed by atoms with Crippen LogP contribution in [0, 0.1) is 13.8 Å². The van der Waals surface area contributed by atoms with Crippen LogP contribution in [-0.2, 0) is 0 Å². The zero-order chi connectivity index (χ0) is 11.6. The summed E-state index contributed by atoms with van der Waals surface area (Å²) in [5.74, 6) is 0.607. The molecule has 0 radical (unpaired) electrons. The van der Waals surface area contributed by atoms with Crippen molar-refractivity contribution in [2.75, 3.05) is 11.9 Å². The summed E-state index contributed by atoms with van der Waals surface area (Å²) in [5, 5.41) is 11.5. The first kappa shape index (κ1) is 11.3. The Kier molecular flexibility index (Phi) is 3.05. The predicted molar refractivity (Wildman–Crippen MR) is 63.2 cm³/mol. The lowest BCUT2D eigenvalue weighted by molar-refractivity contribution is 0.487. The van der Waals surface area contributed by atoms with Crippen LogP contribution in [0.1, 0.15) is 37.1 Å². The predicted octanol–water partition coefficient (Wildman–Crippen LogP) is 1.17. The molecular formula is C11H19N5. The molecule has 1 heterocycles. The lowest BCUT2D eigenvalue weighted by atomic mass is 9.98. The van der Waals surface area contributed by atoms with E-state index < -0.39 is 0 Å². The van der Waals surface area contributed by atoms with Crippen molar-refractivity contribution >= 4 is 5.95 Å². The topological polar surface area (TPSA) is 76.7 Å². The van der Waals surface area contributed by atoms with Crippen molar-refractivity contribution in [3.8, 4) is 0 Å². The Labute approximate surface area is 95.9 Å². The molecule has 88 valence electrons. The Morgan fingerprint density at radius 1 is 1.19 bits per heavy atom. The maximum absolute atomic E-state index is 5.85. The standard InChI is InChI=1S/C11H19N5/c1-8-9(2)15-16-10(13-8)14-11(7-12)5-3-4-6-11/h3-7,12H2,1-2H3,(H,13,14,16). The fraction of sp³-hybridized carbons (Fsp3) is 0.727. The minimum absolute atomic E-state index is 0.0105. The van der Waals surface area contributed by atoms with Gasteiger partial charge in [0.2, 0.25) is 5.95 Å². The third-order valence-electron chi connectivity index (χ3n) is 3.42. The Morgan fingerprint density at radius 2 is 1.88 bits per heavy atom. The van der Waals surface area contributed by atoms with Crippen LogP contribution in [0.15, 0.2) is 0 Å². The van der Waals surface area contributed by atoms with Crippen molar-refractivity contribution in [2.45, 2.75) is 45.1 Å². The molecule has 0 aliphatic heterocycles. The lowest BCUT2D eigenvalue weighted by Gasteiger charge is -2.28. The van der Waals surface area contributed by atoms with E-state index in [4.69, 9.17) is 5.73 Å². The molecule has 1 aromatic heterocycles. The van der Waals surface area contributed by atoms with E-state index in [0.717, 1.165) is 24.2 Å². The second-order valence-corrected chi connectivity index (χ2v) is 4.62. The van der Waals surface area contributed by atoms with Gasteiger partial charge in [0.25, 0.3) is 0 Å². The number of anilines is 1. The Morgan fingerprint density at radius 3 is 2.44 bits per heavy atom. The molecule has 5 heteroatoms. The molecule has 0 aromatic carbocycles. The third-order valence-corrected chi connectivity index (χ3v) is 3.42. The molecule has 5 nitrogen and oxygen atoms in total. The summed E-state index contributed by atoms with van der Waals surface area (Å²) in [4.78, 5) is 4.39. The average Bonchev–Trinajstić information content (AvgIpc) is 2.73. The van der Waals surface area contributed by atoms with Gasteiger partial charge >= 0.3 is 0 Å². The summed E-state index contributed by atoms with van der Waals surface area (Å²) in [7, 11) is 0. The van der Waals surface area contributed by atoms with Gasteiger partial charge in [-0.15, -0.1) is 5.10 Å². The van der Waals surface area contributed by atoms with Crippen molar-refractivity contribution in [1.82, 2.24) is 15.2 Å². The normalized spacial score (nSPS) is 18.7. The van der Waals surface area contributed by atoms with E-state index in [1.807, 2.05) is 13.8 Å². The van der Waals surface area contributed by atoms with E-state index in [1.165, 1.54) is 12.8 Å². The van der Waals surface area contributed by atoms with Crippen LogP contribution in [0.2, 0.25) is 0 Å². The van der Waals surface area contributed by atoms with E-state index in [2.05, 4.69) is 20.5 Å². The van der Waals surface area contributed by atoms with Crippen LogP contribution in [0.25, 0.3) is 0 Å². The minimum Gasteiger partial charge on any atom is -0.346 e. The van der Waals surface area contributed by atoms with Crippen LogP contribution >= 0.6 is 0 Å². The summed E-state index contributed by atoms with van der Waals surface area (Å²) >= 11 is 0. The first-order valence-corrected chi connectivity index (χ1v) is 5.81. The largest absolute Gasteiger partial charge is 0.346 e. The quantitative estimate of drug-likeness (QED) is 0.801. The monoisotopic (exact) mass is 221 g/mol. The maximum Gasteiger partial charge on any atom is 0.243 e. The zero-order valence-corrected chi connectivity index (χ0v) is 9.95. The van der Waals surface area contributed by atoms with Gasteiger partial charge in [-0.25, -0.2) is 4.98 Å². The number of nitrogens with zero attached hydrogens (tertiary/aromatic N) is 3. The number of hydrogen-bond acceptors (Lipinski definition) is 5. The molecule has 16 heavy (non-hydrogen) atoms. The molecular weight excluding hydrogens is 202 g/mol. The molecule has 0 amide bonds. The zero-order valence-electron chi connectivity index (χ0n) is 9.95. The number of nitrogens with two attached hydrogens (primary N) is 1. The van der Waals surface area contributed by atoms with Crippen molar-refractivity contribution < 1.29 is 0 Å². The number of hydrogen-bond donors (Lipinski definition) is 2.